The third kappa shape index (κ3) is 5.33. The molecule has 2 aromatic carbocycles. The van der Waals surface area contributed by atoms with Gasteiger partial charge in [-0.1, -0.05) is 19.1 Å². The average Bonchev–Trinajstić information content (AvgIpc) is 3.07. The van der Waals surface area contributed by atoms with Crippen molar-refractivity contribution in [3.8, 4) is 11.5 Å². The number of aryl methyl sites for hydroxylation is 1. The van der Waals surface area contributed by atoms with Crippen molar-refractivity contribution < 1.29 is 26.3 Å². The summed E-state index contributed by atoms with van der Waals surface area (Å²) in [6.07, 6.45) is 0.802. The van der Waals surface area contributed by atoms with E-state index in [1.165, 1.54) is 0 Å². The fraction of sp³-hybridized carbons (Fsp3) is 0.429. The Bertz CT molecular complexity index is 1050. The van der Waals surface area contributed by atoms with Gasteiger partial charge in [0.1, 0.15) is 18.1 Å². The number of ether oxygens (including phenoxy) is 2. The van der Waals surface area contributed by atoms with Gasteiger partial charge in [-0.05, 0) is 48.4 Å². The van der Waals surface area contributed by atoms with Gasteiger partial charge in [0, 0.05) is 12.6 Å². The Morgan fingerprint density at radius 2 is 1.63 bits per heavy atom. The third-order valence-electron chi connectivity index (χ3n) is 5.20. The first kappa shape index (κ1) is 22.6. The van der Waals surface area contributed by atoms with Crippen molar-refractivity contribution in [1.82, 2.24) is 5.32 Å². The van der Waals surface area contributed by atoms with Crippen LogP contribution < -0.4 is 14.8 Å². The lowest BCUT2D eigenvalue weighted by molar-refractivity contribution is 0.307. The van der Waals surface area contributed by atoms with Crippen molar-refractivity contribution in [2.45, 2.75) is 29.5 Å². The van der Waals surface area contributed by atoms with Crippen LogP contribution in [0, 0.1) is 0 Å². The van der Waals surface area contributed by atoms with Gasteiger partial charge >= 0.3 is 0 Å². The van der Waals surface area contributed by atoms with Crippen LogP contribution in [-0.2, 0) is 26.1 Å². The van der Waals surface area contributed by atoms with Gasteiger partial charge in [-0.25, -0.2) is 16.8 Å². The molecule has 164 valence electrons. The summed E-state index contributed by atoms with van der Waals surface area (Å²) in [7, 11) is -5.64. The van der Waals surface area contributed by atoms with E-state index in [0.29, 0.717) is 12.3 Å². The van der Waals surface area contributed by atoms with E-state index in [-0.39, 0.29) is 23.0 Å². The molecule has 0 radical (unpaired) electrons. The molecular formula is C21H27NO6S2. The van der Waals surface area contributed by atoms with Crippen LogP contribution in [0.25, 0.3) is 0 Å². The fourth-order valence-electron chi connectivity index (χ4n) is 3.49. The van der Waals surface area contributed by atoms with E-state index in [2.05, 4.69) is 5.32 Å². The summed E-state index contributed by atoms with van der Waals surface area (Å²) in [5.41, 5.74) is 1.03. The average molecular weight is 454 g/mol. The minimum Gasteiger partial charge on any atom is -0.497 e. The van der Waals surface area contributed by atoms with Crippen LogP contribution in [0.1, 0.15) is 12.5 Å². The standard InChI is InChI=1S/C21H27NO6S2/c1-3-16-4-10-19(11-5-16)30(25,26)21-15-29(23,24)14-20(21)22-12-13-28-18-8-6-17(27-2)7-9-18/h4-11,20-22H,3,12-15H2,1-2H3/t20-,21-/m1/s1. The Balaban J connectivity index is 1.64. The molecule has 3 rings (SSSR count). The first-order valence-corrected chi connectivity index (χ1v) is 13.2. The maximum absolute atomic E-state index is 13.1. The topological polar surface area (TPSA) is 98.8 Å². The van der Waals surface area contributed by atoms with Gasteiger partial charge in [-0.15, -0.1) is 0 Å². The first-order valence-electron chi connectivity index (χ1n) is 9.78. The molecule has 1 fully saturated rings. The van der Waals surface area contributed by atoms with E-state index in [1.807, 2.05) is 6.92 Å². The lowest BCUT2D eigenvalue weighted by Crippen LogP contribution is -2.44. The smallest absolute Gasteiger partial charge is 0.183 e. The van der Waals surface area contributed by atoms with Crippen LogP contribution in [0.4, 0.5) is 0 Å². The highest BCUT2D eigenvalue weighted by atomic mass is 32.2. The summed E-state index contributed by atoms with van der Waals surface area (Å²) >= 11 is 0. The molecule has 1 heterocycles. The van der Waals surface area contributed by atoms with Crippen LogP contribution in [-0.4, -0.2) is 59.9 Å². The van der Waals surface area contributed by atoms with E-state index in [9.17, 15) is 16.8 Å². The SMILES string of the molecule is CCc1ccc(S(=O)(=O)[C@@H]2CS(=O)(=O)C[C@H]2NCCOc2ccc(OC)cc2)cc1. The largest absolute Gasteiger partial charge is 0.497 e. The highest BCUT2D eigenvalue weighted by Crippen LogP contribution is 2.26. The minimum absolute atomic E-state index is 0.156. The van der Waals surface area contributed by atoms with Crippen molar-refractivity contribution in [1.29, 1.82) is 0 Å². The molecule has 2 aromatic rings. The van der Waals surface area contributed by atoms with E-state index in [4.69, 9.17) is 9.47 Å². The summed E-state index contributed by atoms with van der Waals surface area (Å²) in [5.74, 6) is 0.794. The number of hydrogen-bond donors (Lipinski definition) is 1. The molecular weight excluding hydrogens is 426 g/mol. The molecule has 0 spiro atoms. The number of benzene rings is 2. The molecule has 9 heteroatoms. The van der Waals surface area contributed by atoms with Crippen LogP contribution >= 0.6 is 0 Å². The summed E-state index contributed by atoms with van der Waals surface area (Å²) in [5, 5.41) is 2.05. The van der Waals surface area contributed by atoms with Gasteiger partial charge in [0.15, 0.2) is 19.7 Å². The molecule has 0 aromatic heterocycles. The molecule has 0 bridgehead atoms. The zero-order valence-corrected chi connectivity index (χ0v) is 18.7. The van der Waals surface area contributed by atoms with Gasteiger partial charge in [-0.2, -0.15) is 0 Å². The van der Waals surface area contributed by atoms with E-state index >= 15 is 0 Å². The van der Waals surface area contributed by atoms with Crippen LogP contribution in [0.5, 0.6) is 11.5 Å². The molecule has 0 aliphatic carbocycles. The number of methoxy groups -OCH3 is 1. The lowest BCUT2D eigenvalue weighted by Gasteiger charge is -2.20. The Hall–Kier alpha value is -2.10. The molecule has 0 amide bonds. The van der Waals surface area contributed by atoms with Crippen molar-refractivity contribution in [3.63, 3.8) is 0 Å². The van der Waals surface area contributed by atoms with Gasteiger partial charge in [0.25, 0.3) is 0 Å². The molecule has 1 aliphatic heterocycles. The third-order valence-corrected chi connectivity index (χ3v) is 9.36. The molecule has 2 atom stereocenters. The quantitative estimate of drug-likeness (QED) is 0.579. The molecule has 0 unspecified atom stereocenters. The van der Waals surface area contributed by atoms with Gasteiger partial charge < -0.3 is 14.8 Å². The monoisotopic (exact) mass is 453 g/mol. The van der Waals surface area contributed by atoms with E-state index in [0.717, 1.165) is 17.7 Å². The summed E-state index contributed by atoms with van der Waals surface area (Å²) in [6.45, 7) is 2.59. The number of rotatable bonds is 9. The van der Waals surface area contributed by atoms with Crippen molar-refractivity contribution >= 4 is 19.7 Å². The minimum atomic E-state index is -3.78. The Morgan fingerprint density at radius 3 is 2.23 bits per heavy atom. The van der Waals surface area contributed by atoms with Crippen LogP contribution in [0.3, 0.4) is 0 Å². The molecule has 30 heavy (non-hydrogen) atoms. The Kier molecular flexibility index (Phi) is 7.05. The van der Waals surface area contributed by atoms with E-state index in [1.54, 1.807) is 55.6 Å². The number of sulfone groups is 2. The maximum atomic E-state index is 13.1. The predicted molar refractivity (Wildman–Crippen MR) is 116 cm³/mol. The van der Waals surface area contributed by atoms with E-state index < -0.39 is 31.0 Å². The zero-order valence-electron chi connectivity index (χ0n) is 17.1. The Morgan fingerprint density at radius 1 is 1.00 bits per heavy atom. The molecule has 7 nitrogen and oxygen atoms in total. The zero-order chi connectivity index (χ0) is 21.8. The second-order valence-corrected chi connectivity index (χ2v) is 11.6. The van der Waals surface area contributed by atoms with Gasteiger partial charge in [0.05, 0.1) is 28.8 Å². The fourth-order valence-corrected chi connectivity index (χ4v) is 8.20. The van der Waals surface area contributed by atoms with Crippen LogP contribution in [0.15, 0.2) is 53.4 Å². The predicted octanol–water partition coefficient (Wildman–Crippen LogP) is 1.87. The highest BCUT2D eigenvalue weighted by molar-refractivity contribution is 7.96. The normalized spacial score (nSPS) is 20.7. The number of hydrogen-bond acceptors (Lipinski definition) is 7. The van der Waals surface area contributed by atoms with Gasteiger partial charge in [-0.3, -0.25) is 0 Å². The second kappa shape index (κ2) is 9.36. The second-order valence-electron chi connectivity index (χ2n) is 7.24. The lowest BCUT2D eigenvalue weighted by atomic mass is 10.2. The van der Waals surface area contributed by atoms with Crippen molar-refractivity contribution in [2.24, 2.45) is 0 Å². The molecule has 1 N–H and O–H groups in total. The van der Waals surface area contributed by atoms with Crippen LogP contribution in [0.2, 0.25) is 0 Å². The van der Waals surface area contributed by atoms with Gasteiger partial charge in [0.2, 0.25) is 0 Å². The molecule has 1 aliphatic rings. The summed E-state index contributed by atoms with van der Waals surface area (Å²) in [6, 6.07) is 13.1. The summed E-state index contributed by atoms with van der Waals surface area (Å²) < 4.78 is 61.3. The first-order chi connectivity index (χ1) is 14.2. The maximum Gasteiger partial charge on any atom is 0.183 e. The molecule has 1 saturated heterocycles. The van der Waals surface area contributed by atoms with Crippen molar-refractivity contribution in [2.75, 3.05) is 31.8 Å². The highest BCUT2D eigenvalue weighted by Gasteiger charge is 2.45. The molecule has 0 saturated carbocycles. The number of nitrogens with one attached hydrogen (secondary N) is 1. The van der Waals surface area contributed by atoms with Crippen molar-refractivity contribution in [3.05, 3.63) is 54.1 Å². The summed E-state index contributed by atoms with van der Waals surface area (Å²) in [4.78, 5) is 0.156. The Labute approximate surface area is 178 Å².